The van der Waals surface area contributed by atoms with Crippen LogP contribution < -0.4 is 20.9 Å². The topological polar surface area (TPSA) is 41.3 Å². The summed E-state index contributed by atoms with van der Waals surface area (Å²) < 4.78 is 17.2. The van der Waals surface area contributed by atoms with Gasteiger partial charge < -0.3 is 14.7 Å². The van der Waals surface area contributed by atoms with Gasteiger partial charge in [0.15, 0.2) is 5.42 Å². The number of benzene rings is 1. The second-order valence-electron chi connectivity index (χ2n) is 4.29. The van der Waals surface area contributed by atoms with Gasteiger partial charge in [0, 0.05) is 30.7 Å². The van der Waals surface area contributed by atoms with Gasteiger partial charge in [-0.15, -0.1) is 0 Å². The number of hydrogen-bond acceptors (Lipinski definition) is 4. The van der Waals surface area contributed by atoms with E-state index in [2.05, 4.69) is 15.4 Å². The molecule has 0 saturated heterocycles. The first-order valence-electron chi connectivity index (χ1n) is 6.16. The number of rotatable bonds is 4. The summed E-state index contributed by atoms with van der Waals surface area (Å²) in [4.78, 5) is 2.11. The van der Waals surface area contributed by atoms with Crippen molar-refractivity contribution in [3.63, 3.8) is 0 Å². The zero-order valence-electron chi connectivity index (χ0n) is 10.3. The third-order valence-electron chi connectivity index (χ3n) is 3.02. The third kappa shape index (κ3) is 2.45. The van der Waals surface area contributed by atoms with E-state index in [1.54, 1.807) is 6.20 Å². The average molecular weight is 259 g/mol. The molecule has 0 spiro atoms. The molecule has 0 radical (unpaired) electrons. The zero-order chi connectivity index (χ0) is 13.1. The molecule has 1 aliphatic heterocycles. The first-order chi connectivity index (χ1) is 9.36. The molecule has 4 nitrogen and oxygen atoms in total. The Kier molecular flexibility index (Phi) is 3.18. The van der Waals surface area contributed by atoms with Crippen molar-refractivity contribution >= 4 is 23.7 Å². The molecule has 0 fully saturated rings. The minimum absolute atomic E-state index is 0.340. The quantitative estimate of drug-likeness (QED) is 0.892. The van der Waals surface area contributed by atoms with Crippen molar-refractivity contribution < 1.29 is 8.91 Å². The van der Waals surface area contributed by atoms with E-state index in [9.17, 15) is 4.39 Å². The molecule has 0 amide bonds. The predicted octanol–water partition coefficient (Wildman–Crippen LogP) is 1.09. The van der Waals surface area contributed by atoms with Crippen molar-refractivity contribution in [3.05, 3.63) is 41.1 Å². The summed E-state index contributed by atoms with van der Waals surface area (Å²) in [7, 11) is 0. The van der Waals surface area contributed by atoms with Crippen molar-refractivity contribution in [2.24, 2.45) is 0 Å². The molecular weight excluding hydrogens is 245 g/mol. The lowest BCUT2D eigenvalue weighted by Gasteiger charge is -2.20. The Labute approximate surface area is 109 Å². The number of anilines is 2. The molecule has 0 bridgehead atoms. The van der Waals surface area contributed by atoms with E-state index in [-0.39, 0.29) is 6.67 Å². The normalized spacial score (nSPS) is 13.4. The third-order valence-corrected chi connectivity index (χ3v) is 3.02. The molecule has 1 aliphatic rings. The Morgan fingerprint density at radius 1 is 1.32 bits per heavy atom. The summed E-state index contributed by atoms with van der Waals surface area (Å²) in [5, 5.41) is 7.75. The Morgan fingerprint density at radius 2 is 2.16 bits per heavy atom. The monoisotopic (exact) mass is 259 g/mol. The van der Waals surface area contributed by atoms with E-state index in [0.29, 0.717) is 6.54 Å². The second-order valence-corrected chi connectivity index (χ2v) is 4.29. The molecule has 1 aromatic heterocycles. The van der Waals surface area contributed by atoms with E-state index in [1.165, 1.54) is 0 Å². The predicted molar refractivity (Wildman–Crippen MR) is 72.9 cm³/mol. The van der Waals surface area contributed by atoms with Crippen LogP contribution in [0.15, 0.2) is 35.0 Å². The molecule has 1 N–H and O–H groups in total. The summed E-state index contributed by atoms with van der Waals surface area (Å²) in [6.45, 7) is 0.722. The molecule has 0 unspecified atom stereocenters. The fraction of sp³-hybridized carbons (Fsp3) is 0.214. The number of alkyl halides is 1. The van der Waals surface area contributed by atoms with Gasteiger partial charge in [-0.3, -0.25) is 0 Å². The Bertz CT molecular complexity index is 663. The van der Waals surface area contributed by atoms with E-state index >= 15 is 0 Å². The average Bonchev–Trinajstić information content (AvgIpc) is 2.93. The van der Waals surface area contributed by atoms with Crippen LogP contribution in [0.5, 0.6) is 0 Å². The van der Waals surface area contributed by atoms with Crippen LogP contribution in [0.3, 0.4) is 0 Å². The lowest BCUT2D eigenvalue weighted by molar-refractivity contribution is 0.393. The van der Waals surface area contributed by atoms with E-state index in [0.717, 1.165) is 28.6 Å². The number of hydrogen-bond donors (Lipinski definition) is 1. The maximum absolute atomic E-state index is 12.1. The maximum Gasteiger partial charge on any atom is 0.166 e. The molecule has 2 heterocycles. The second kappa shape index (κ2) is 5.14. The van der Waals surface area contributed by atoms with Crippen molar-refractivity contribution in [2.45, 2.75) is 0 Å². The van der Waals surface area contributed by atoms with Crippen LogP contribution in [0.1, 0.15) is 0 Å². The molecule has 0 saturated carbocycles. The molecule has 0 atom stereocenters. The molecule has 98 valence electrons. The Balaban J connectivity index is 1.80. The van der Waals surface area contributed by atoms with E-state index in [1.807, 2.05) is 36.5 Å². The Hall–Kier alpha value is -2.30. The van der Waals surface area contributed by atoms with Crippen LogP contribution in [0, 0.1) is 0 Å². The molecule has 3 rings (SSSR count). The summed E-state index contributed by atoms with van der Waals surface area (Å²) in [5.41, 5.74) is 2.82. The molecule has 5 heteroatoms. The van der Waals surface area contributed by atoms with Crippen LogP contribution in [-0.2, 0) is 0 Å². The van der Waals surface area contributed by atoms with Gasteiger partial charge >= 0.3 is 0 Å². The largest absolute Gasteiger partial charge is 0.382 e. The van der Waals surface area contributed by atoms with Gasteiger partial charge in [0.2, 0.25) is 0 Å². The summed E-state index contributed by atoms with van der Waals surface area (Å²) >= 11 is 0. The first kappa shape index (κ1) is 11.8. The highest BCUT2D eigenvalue weighted by Gasteiger charge is 2.07. The highest BCUT2D eigenvalue weighted by molar-refractivity contribution is 5.65. The van der Waals surface area contributed by atoms with E-state index < -0.39 is 0 Å². The molecule has 0 aliphatic carbocycles. The number of nitrogens with zero attached hydrogens (tertiary/aromatic N) is 2. The van der Waals surface area contributed by atoms with Gasteiger partial charge in [0.1, 0.15) is 6.67 Å². The van der Waals surface area contributed by atoms with Gasteiger partial charge in [-0.1, -0.05) is 5.16 Å². The zero-order valence-corrected chi connectivity index (χ0v) is 10.3. The van der Waals surface area contributed by atoms with Crippen molar-refractivity contribution in [1.82, 2.24) is 5.16 Å². The lowest BCUT2D eigenvalue weighted by Crippen LogP contribution is -2.32. The van der Waals surface area contributed by atoms with Crippen LogP contribution in [0.2, 0.25) is 0 Å². The van der Waals surface area contributed by atoms with Crippen LogP contribution in [-0.4, -0.2) is 24.9 Å². The fourth-order valence-corrected chi connectivity index (χ4v) is 2.05. The van der Waals surface area contributed by atoms with Crippen LogP contribution in [0.4, 0.5) is 15.8 Å². The van der Waals surface area contributed by atoms with E-state index in [4.69, 9.17) is 4.52 Å². The highest BCUT2D eigenvalue weighted by Crippen LogP contribution is 2.18. The standard InChI is InChI=1S/C14H14FN3O/c15-6-7-16-12-1-3-13(4-2-12)18-8-5-14-11(10-18)9-17-19-14/h1-5,9-10,16H,6-8H2. The fourth-order valence-electron chi connectivity index (χ4n) is 2.05. The number of halogens is 1. The summed E-state index contributed by atoms with van der Waals surface area (Å²) in [6.07, 6.45) is 5.71. The van der Waals surface area contributed by atoms with Gasteiger partial charge in [-0.2, -0.15) is 0 Å². The molecule has 1 aromatic carbocycles. The summed E-state index contributed by atoms with van der Waals surface area (Å²) in [5.74, 6) is 0. The minimum Gasteiger partial charge on any atom is -0.382 e. The number of fused-ring (bicyclic) bond motifs is 1. The van der Waals surface area contributed by atoms with Gasteiger partial charge in [-0.25, -0.2) is 4.39 Å². The van der Waals surface area contributed by atoms with Gasteiger partial charge in [0.25, 0.3) is 0 Å². The van der Waals surface area contributed by atoms with Crippen LogP contribution >= 0.6 is 0 Å². The molecule has 2 aromatic rings. The van der Waals surface area contributed by atoms with Crippen LogP contribution in [0.25, 0.3) is 12.3 Å². The lowest BCUT2D eigenvalue weighted by atomic mass is 10.2. The molecular formula is C14H14FN3O. The number of nitrogens with one attached hydrogen (secondary N) is 1. The maximum atomic E-state index is 12.1. The van der Waals surface area contributed by atoms with Crippen molar-refractivity contribution in [1.29, 1.82) is 0 Å². The van der Waals surface area contributed by atoms with Crippen molar-refractivity contribution in [2.75, 3.05) is 30.0 Å². The first-order valence-corrected chi connectivity index (χ1v) is 6.16. The summed E-state index contributed by atoms with van der Waals surface area (Å²) in [6, 6.07) is 7.90. The number of aromatic nitrogens is 1. The highest BCUT2D eigenvalue weighted by atomic mass is 19.1. The molecule has 19 heavy (non-hydrogen) atoms. The van der Waals surface area contributed by atoms with Gasteiger partial charge in [0.05, 0.1) is 11.4 Å². The minimum atomic E-state index is -0.368. The SMILES string of the molecule is FCCNc1ccc(N2C=c3cnoc3=CC2)cc1. The smallest absolute Gasteiger partial charge is 0.166 e. The van der Waals surface area contributed by atoms with Gasteiger partial charge in [-0.05, 0) is 30.3 Å². The Morgan fingerprint density at radius 3 is 2.95 bits per heavy atom. The van der Waals surface area contributed by atoms with Crippen molar-refractivity contribution in [3.8, 4) is 0 Å².